The van der Waals surface area contributed by atoms with E-state index in [1.54, 1.807) is 33.8 Å². The highest BCUT2D eigenvalue weighted by atomic mass is 19.1. The zero-order valence-corrected chi connectivity index (χ0v) is 29.0. The van der Waals surface area contributed by atoms with Gasteiger partial charge in [-0.3, -0.25) is 9.59 Å². The molecule has 246 valence electrons. The highest BCUT2D eigenvalue weighted by Crippen LogP contribution is 2.43. The molecule has 0 fully saturated rings. The van der Waals surface area contributed by atoms with Crippen molar-refractivity contribution in [3.05, 3.63) is 57.1 Å². The average Bonchev–Trinajstić information content (AvgIpc) is 3.02. The molecule has 7 nitrogen and oxygen atoms in total. The molecule has 1 amide bonds. The van der Waals surface area contributed by atoms with Crippen LogP contribution in [0.5, 0.6) is 0 Å². The van der Waals surface area contributed by atoms with Gasteiger partial charge in [-0.1, -0.05) is 62.3 Å². The number of pyridine rings is 1. The number of amides is 1. The second kappa shape index (κ2) is 13.9. The maximum Gasteiger partial charge on any atom is 0.343 e. The van der Waals surface area contributed by atoms with Crippen LogP contribution in [0.4, 0.5) is 4.39 Å². The quantitative estimate of drug-likeness (QED) is 0.282. The van der Waals surface area contributed by atoms with E-state index in [4.69, 9.17) is 9.72 Å². The van der Waals surface area contributed by atoms with Gasteiger partial charge in [-0.15, -0.1) is 0 Å². The third-order valence-electron chi connectivity index (χ3n) is 9.46. The molecule has 2 aliphatic rings. The number of ether oxygens (including phenoxy) is 1. The number of allylic oxidation sites excluding steroid dienone is 1. The lowest BCUT2D eigenvalue weighted by Crippen LogP contribution is -2.46. The standard InChI is InChI=1S/C35H45FN2O5.C2H6/c1-10-21-28-26(38-32(40)34(8,9)11-2)14-13-22-20(7)25(36)16-27(29(22)28)37-30(21)19(6)15-24-23(31(39)18(4)5)17-43-33(41)35(24,42)12-3;1-2/h15-16,18,26,42H,10-14,17H2,1-9H3,(H,38,40);1-2H3/b19-15+;. The van der Waals surface area contributed by atoms with Crippen LogP contribution in [0.1, 0.15) is 122 Å². The first kappa shape index (κ1) is 36.1. The van der Waals surface area contributed by atoms with E-state index in [9.17, 15) is 19.5 Å². The first-order valence-electron chi connectivity index (χ1n) is 16.4. The van der Waals surface area contributed by atoms with E-state index in [0.717, 1.165) is 22.1 Å². The minimum Gasteiger partial charge on any atom is -0.458 e. The molecule has 45 heavy (non-hydrogen) atoms. The van der Waals surface area contributed by atoms with E-state index >= 15 is 4.39 Å². The molecule has 4 rings (SSSR count). The third kappa shape index (κ3) is 6.49. The third-order valence-corrected chi connectivity index (χ3v) is 9.46. The van der Waals surface area contributed by atoms with E-state index in [1.165, 1.54) is 6.07 Å². The lowest BCUT2D eigenvalue weighted by atomic mass is 9.78. The number of aromatic nitrogens is 1. The Kier molecular flexibility index (Phi) is 11.2. The summed E-state index contributed by atoms with van der Waals surface area (Å²) in [4.78, 5) is 44.4. The summed E-state index contributed by atoms with van der Waals surface area (Å²) in [6.45, 7) is 20.4. The Labute approximate surface area is 267 Å². The van der Waals surface area contributed by atoms with Gasteiger partial charge in [0.05, 0.1) is 17.3 Å². The van der Waals surface area contributed by atoms with Crippen molar-refractivity contribution in [3.63, 3.8) is 0 Å². The zero-order valence-electron chi connectivity index (χ0n) is 29.0. The number of carbonyl (C=O) groups excluding carboxylic acids is 3. The number of rotatable bonds is 9. The van der Waals surface area contributed by atoms with Crippen molar-refractivity contribution in [2.75, 3.05) is 6.61 Å². The number of aryl methyl sites for hydroxylation is 1. The Morgan fingerprint density at radius 1 is 1.24 bits per heavy atom. The van der Waals surface area contributed by atoms with Gasteiger partial charge in [0.1, 0.15) is 12.4 Å². The van der Waals surface area contributed by atoms with Crippen LogP contribution in [0.15, 0.2) is 23.3 Å². The Morgan fingerprint density at radius 3 is 2.44 bits per heavy atom. The van der Waals surface area contributed by atoms with Gasteiger partial charge >= 0.3 is 5.97 Å². The monoisotopic (exact) mass is 622 g/mol. The topological polar surface area (TPSA) is 106 Å². The van der Waals surface area contributed by atoms with Crippen LogP contribution in [0.2, 0.25) is 0 Å². The summed E-state index contributed by atoms with van der Waals surface area (Å²) < 4.78 is 20.5. The number of ketones is 1. The predicted molar refractivity (Wildman–Crippen MR) is 177 cm³/mol. The first-order chi connectivity index (χ1) is 21.1. The normalized spacial score (nSPS) is 20.2. The Balaban J connectivity index is 0.00000271. The fraction of sp³-hybridized carbons (Fsp3) is 0.568. The van der Waals surface area contributed by atoms with Crippen LogP contribution in [-0.4, -0.2) is 40.0 Å². The molecule has 0 bridgehead atoms. The largest absolute Gasteiger partial charge is 0.458 e. The van der Waals surface area contributed by atoms with Crippen molar-refractivity contribution in [2.24, 2.45) is 11.3 Å². The number of Topliss-reactive ketones (excluding diaryl/α,β-unsaturated/α-hetero) is 1. The molecule has 1 aliphatic heterocycles. The predicted octanol–water partition coefficient (Wildman–Crippen LogP) is 7.43. The van der Waals surface area contributed by atoms with Crippen LogP contribution in [0, 0.1) is 24.1 Å². The second-order valence-corrected chi connectivity index (χ2v) is 12.9. The molecule has 1 aliphatic carbocycles. The van der Waals surface area contributed by atoms with Gasteiger partial charge in [-0.25, -0.2) is 14.2 Å². The summed E-state index contributed by atoms with van der Waals surface area (Å²) >= 11 is 0. The van der Waals surface area contributed by atoms with Crippen LogP contribution in [-0.2, 0) is 32.0 Å². The van der Waals surface area contributed by atoms with E-state index in [2.05, 4.69) is 5.32 Å². The lowest BCUT2D eigenvalue weighted by molar-refractivity contribution is -0.163. The number of hydrogen-bond donors (Lipinski definition) is 2. The van der Waals surface area contributed by atoms with Crippen LogP contribution in [0.25, 0.3) is 16.5 Å². The average molecular weight is 623 g/mol. The number of benzene rings is 1. The van der Waals surface area contributed by atoms with Crippen molar-refractivity contribution in [1.82, 2.24) is 10.3 Å². The molecule has 2 atom stereocenters. The number of aliphatic hydroxyl groups is 1. The minimum atomic E-state index is -1.99. The van der Waals surface area contributed by atoms with Crippen LogP contribution < -0.4 is 5.32 Å². The van der Waals surface area contributed by atoms with Crippen molar-refractivity contribution in [2.45, 2.75) is 120 Å². The molecule has 2 unspecified atom stereocenters. The molecule has 2 N–H and O–H groups in total. The molecular weight excluding hydrogens is 571 g/mol. The minimum absolute atomic E-state index is 0.0199. The fourth-order valence-electron chi connectivity index (χ4n) is 6.19. The van der Waals surface area contributed by atoms with Crippen molar-refractivity contribution in [1.29, 1.82) is 0 Å². The molecule has 1 aromatic heterocycles. The molecule has 0 spiro atoms. The molecular formula is C37H51FN2O5. The van der Waals surface area contributed by atoms with Gasteiger partial charge in [0.2, 0.25) is 5.91 Å². The van der Waals surface area contributed by atoms with Gasteiger partial charge in [0.15, 0.2) is 11.4 Å². The summed E-state index contributed by atoms with van der Waals surface area (Å²) in [5, 5.41) is 15.7. The number of esters is 1. The maximum absolute atomic E-state index is 15.2. The van der Waals surface area contributed by atoms with E-state index < -0.39 is 17.0 Å². The Hall–Kier alpha value is -3.39. The van der Waals surface area contributed by atoms with Crippen molar-refractivity contribution in [3.8, 4) is 0 Å². The summed E-state index contributed by atoms with van der Waals surface area (Å²) in [6, 6.07) is 1.15. The van der Waals surface area contributed by atoms with Gasteiger partial charge in [0, 0.05) is 33.9 Å². The van der Waals surface area contributed by atoms with Crippen LogP contribution >= 0.6 is 0 Å². The molecule has 8 heteroatoms. The highest BCUT2D eigenvalue weighted by Gasteiger charge is 2.45. The molecule has 0 saturated carbocycles. The number of cyclic esters (lactones) is 1. The maximum atomic E-state index is 15.2. The smallest absolute Gasteiger partial charge is 0.343 e. The van der Waals surface area contributed by atoms with Crippen molar-refractivity contribution >= 4 is 34.1 Å². The van der Waals surface area contributed by atoms with Gasteiger partial charge in [-0.2, -0.15) is 0 Å². The summed E-state index contributed by atoms with van der Waals surface area (Å²) in [5.74, 6) is -1.75. The number of nitrogens with zero attached hydrogens (tertiary/aromatic N) is 1. The van der Waals surface area contributed by atoms with Crippen molar-refractivity contribution < 1.29 is 28.6 Å². The fourth-order valence-corrected chi connectivity index (χ4v) is 6.19. The number of carbonyl (C=O) groups is 3. The number of hydrogen-bond acceptors (Lipinski definition) is 6. The lowest BCUT2D eigenvalue weighted by Gasteiger charge is -2.34. The summed E-state index contributed by atoms with van der Waals surface area (Å²) in [5.41, 5.74) is 2.95. The number of halogens is 1. The first-order valence-corrected chi connectivity index (χ1v) is 16.4. The SMILES string of the molecule is CC.CCc1c(/C(C)=C/C2=C(C(=O)C(C)C)COC(=O)C2(O)CC)nc2cc(F)c(C)c3c2c1C(NC(=O)C(C)(C)CC)CC3. The highest BCUT2D eigenvalue weighted by molar-refractivity contribution is 6.03. The zero-order chi connectivity index (χ0) is 34.0. The van der Waals surface area contributed by atoms with E-state index in [0.29, 0.717) is 48.0 Å². The van der Waals surface area contributed by atoms with E-state index in [-0.39, 0.29) is 53.6 Å². The van der Waals surface area contributed by atoms with E-state index in [1.807, 2.05) is 48.5 Å². The van der Waals surface area contributed by atoms with Gasteiger partial charge < -0.3 is 15.2 Å². The molecule has 0 radical (unpaired) electrons. The van der Waals surface area contributed by atoms with Gasteiger partial charge in [-0.05, 0) is 79.9 Å². The number of nitrogens with one attached hydrogen (secondary N) is 1. The van der Waals surface area contributed by atoms with Crippen LogP contribution in [0.3, 0.4) is 0 Å². The summed E-state index contributed by atoms with van der Waals surface area (Å²) in [6.07, 6.45) is 4.18. The second-order valence-electron chi connectivity index (χ2n) is 12.9. The molecule has 2 aromatic rings. The molecule has 2 heterocycles. The Bertz CT molecular complexity index is 1570. The molecule has 0 saturated heterocycles. The van der Waals surface area contributed by atoms with Gasteiger partial charge in [0.25, 0.3) is 0 Å². The summed E-state index contributed by atoms with van der Waals surface area (Å²) in [7, 11) is 0. The Morgan fingerprint density at radius 2 is 1.89 bits per heavy atom. The molecule has 1 aromatic carbocycles.